The fraction of sp³-hybridized carbons (Fsp3) is 0.280. The average Bonchev–Trinajstić information content (AvgIpc) is 3.26. The molecular formula is C25H29N3O5S. The molecule has 2 aromatic carbocycles. The number of carbonyl (C=O) groups is 2. The van der Waals surface area contributed by atoms with Crippen LogP contribution in [0.5, 0.6) is 0 Å². The topological polar surface area (TPSA) is 109 Å². The van der Waals surface area contributed by atoms with Gasteiger partial charge in [0.2, 0.25) is 21.8 Å². The Hall–Kier alpha value is -3.43. The van der Waals surface area contributed by atoms with Gasteiger partial charge in [-0.15, -0.1) is 0 Å². The summed E-state index contributed by atoms with van der Waals surface area (Å²) in [6.45, 7) is 7.14. The van der Waals surface area contributed by atoms with E-state index in [1.165, 1.54) is 37.5 Å². The SMILES string of the molecule is CC(=O)Nc1ccc(S(=O)(=O)N(CC(=O)Nc2ccc(C(C)(C)C)cc2)Cc2ccco2)cc1. The highest BCUT2D eigenvalue weighted by Crippen LogP contribution is 2.24. The summed E-state index contributed by atoms with van der Waals surface area (Å²) < 4.78 is 33.1. The molecule has 3 aromatic rings. The Balaban J connectivity index is 1.80. The number of carbonyl (C=O) groups excluding carboxylic acids is 2. The normalized spacial score (nSPS) is 11.9. The Labute approximate surface area is 200 Å². The van der Waals surface area contributed by atoms with Gasteiger partial charge in [0.05, 0.1) is 24.2 Å². The van der Waals surface area contributed by atoms with Crippen molar-refractivity contribution in [1.29, 1.82) is 0 Å². The van der Waals surface area contributed by atoms with Gasteiger partial charge >= 0.3 is 0 Å². The summed E-state index contributed by atoms with van der Waals surface area (Å²) in [6.07, 6.45) is 1.44. The van der Waals surface area contributed by atoms with E-state index in [1.54, 1.807) is 24.3 Å². The molecule has 0 fully saturated rings. The Morgan fingerprint density at radius 3 is 2.03 bits per heavy atom. The molecule has 2 N–H and O–H groups in total. The van der Waals surface area contributed by atoms with Gasteiger partial charge in [0.25, 0.3) is 0 Å². The monoisotopic (exact) mass is 483 g/mol. The van der Waals surface area contributed by atoms with Crippen molar-refractivity contribution in [3.05, 3.63) is 78.3 Å². The van der Waals surface area contributed by atoms with Gasteiger partial charge in [0, 0.05) is 18.3 Å². The van der Waals surface area contributed by atoms with Gasteiger partial charge in [-0.25, -0.2) is 8.42 Å². The third-order valence-corrected chi connectivity index (χ3v) is 6.89. The van der Waals surface area contributed by atoms with E-state index in [0.29, 0.717) is 17.1 Å². The zero-order chi connectivity index (χ0) is 24.9. The maximum Gasteiger partial charge on any atom is 0.243 e. The van der Waals surface area contributed by atoms with Crippen LogP contribution in [-0.2, 0) is 31.6 Å². The van der Waals surface area contributed by atoms with Crippen molar-refractivity contribution in [2.75, 3.05) is 17.2 Å². The van der Waals surface area contributed by atoms with Crippen molar-refractivity contribution in [1.82, 2.24) is 4.31 Å². The van der Waals surface area contributed by atoms with Gasteiger partial charge in [-0.1, -0.05) is 32.9 Å². The highest BCUT2D eigenvalue weighted by molar-refractivity contribution is 7.89. The quantitative estimate of drug-likeness (QED) is 0.495. The van der Waals surface area contributed by atoms with Gasteiger partial charge in [0.1, 0.15) is 5.76 Å². The van der Waals surface area contributed by atoms with E-state index < -0.39 is 22.5 Å². The fourth-order valence-electron chi connectivity index (χ4n) is 3.28. The molecule has 0 saturated heterocycles. The van der Waals surface area contributed by atoms with Gasteiger partial charge in [-0.3, -0.25) is 9.59 Å². The van der Waals surface area contributed by atoms with Crippen molar-refractivity contribution >= 4 is 33.2 Å². The highest BCUT2D eigenvalue weighted by Gasteiger charge is 2.28. The van der Waals surface area contributed by atoms with Crippen LogP contribution in [0, 0.1) is 0 Å². The molecule has 180 valence electrons. The highest BCUT2D eigenvalue weighted by atomic mass is 32.2. The fourth-order valence-corrected chi connectivity index (χ4v) is 4.64. The molecule has 0 radical (unpaired) electrons. The average molecular weight is 484 g/mol. The Morgan fingerprint density at radius 2 is 1.50 bits per heavy atom. The second kappa shape index (κ2) is 10.2. The number of rotatable bonds is 8. The molecule has 0 atom stereocenters. The molecule has 0 saturated carbocycles. The number of furan rings is 1. The molecule has 34 heavy (non-hydrogen) atoms. The standard InChI is InChI=1S/C25H29N3O5S/c1-18(29)26-20-11-13-23(14-12-20)34(31,32)28(16-22-6-5-15-33-22)17-24(30)27-21-9-7-19(8-10-21)25(2,3)4/h5-15H,16-17H2,1-4H3,(H,26,29)(H,27,30). The number of benzene rings is 2. The van der Waals surface area contributed by atoms with Crippen molar-refractivity contribution in [3.63, 3.8) is 0 Å². The second-order valence-electron chi connectivity index (χ2n) is 8.93. The third kappa shape index (κ3) is 6.55. The van der Waals surface area contributed by atoms with Gasteiger partial charge < -0.3 is 15.1 Å². The largest absolute Gasteiger partial charge is 0.468 e. The minimum atomic E-state index is -4.04. The molecule has 2 amide bonds. The lowest BCUT2D eigenvalue weighted by Gasteiger charge is -2.22. The zero-order valence-corrected chi connectivity index (χ0v) is 20.5. The second-order valence-corrected chi connectivity index (χ2v) is 10.9. The van der Waals surface area contributed by atoms with Crippen molar-refractivity contribution in [3.8, 4) is 0 Å². The van der Waals surface area contributed by atoms with E-state index in [0.717, 1.165) is 9.87 Å². The molecule has 0 spiro atoms. The lowest BCUT2D eigenvalue weighted by molar-refractivity contribution is -0.116. The Bertz CT molecular complexity index is 1230. The minimum absolute atomic E-state index is 0.00418. The summed E-state index contributed by atoms with van der Waals surface area (Å²) in [7, 11) is -4.04. The summed E-state index contributed by atoms with van der Waals surface area (Å²) in [5.41, 5.74) is 2.15. The number of nitrogens with one attached hydrogen (secondary N) is 2. The van der Waals surface area contributed by atoms with Crippen LogP contribution in [0.3, 0.4) is 0 Å². The maximum absolute atomic E-state index is 13.4. The molecule has 1 heterocycles. The van der Waals surface area contributed by atoms with Crippen LogP contribution in [0.15, 0.2) is 76.2 Å². The molecule has 0 unspecified atom stereocenters. The lowest BCUT2D eigenvalue weighted by atomic mass is 9.87. The molecule has 0 aliphatic carbocycles. The first-order chi connectivity index (χ1) is 15.9. The maximum atomic E-state index is 13.4. The molecule has 0 aliphatic rings. The van der Waals surface area contributed by atoms with Crippen LogP contribution >= 0.6 is 0 Å². The number of hydrogen-bond donors (Lipinski definition) is 2. The van der Waals surface area contributed by atoms with Crippen molar-refractivity contribution in [2.45, 2.75) is 44.6 Å². The van der Waals surface area contributed by atoms with Gasteiger partial charge in [-0.05, 0) is 59.5 Å². The van der Waals surface area contributed by atoms with Crippen LogP contribution in [0.4, 0.5) is 11.4 Å². The summed E-state index contributed by atoms with van der Waals surface area (Å²) in [5.74, 6) is -0.337. The lowest BCUT2D eigenvalue weighted by Crippen LogP contribution is -2.37. The van der Waals surface area contributed by atoms with Crippen LogP contribution in [0.1, 0.15) is 39.0 Å². The molecule has 0 aliphatic heterocycles. The molecule has 9 heteroatoms. The van der Waals surface area contributed by atoms with E-state index >= 15 is 0 Å². The number of anilines is 2. The Kier molecular flexibility index (Phi) is 7.58. The minimum Gasteiger partial charge on any atom is -0.468 e. The van der Waals surface area contributed by atoms with Crippen LogP contribution in [-0.4, -0.2) is 31.1 Å². The zero-order valence-electron chi connectivity index (χ0n) is 19.7. The van der Waals surface area contributed by atoms with Gasteiger partial charge in [-0.2, -0.15) is 4.31 Å². The van der Waals surface area contributed by atoms with Crippen molar-refractivity contribution < 1.29 is 22.4 Å². The number of nitrogens with zero attached hydrogens (tertiary/aromatic N) is 1. The molecule has 0 bridgehead atoms. The number of hydrogen-bond acceptors (Lipinski definition) is 5. The van der Waals surface area contributed by atoms with Crippen LogP contribution in [0.25, 0.3) is 0 Å². The first-order valence-electron chi connectivity index (χ1n) is 10.8. The molecule has 8 nitrogen and oxygen atoms in total. The van der Waals surface area contributed by atoms with Crippen LogP contribution in [0.2, 0.25) is 0 Å². The van der Waals surface area contributed by atoms with Gasteiger partial charge in [0.15, 0.2) is 0 Å². The molecular weight excluding hydrogens is 454 g/mol. The summed E-state index contributed by atoms with van der Waals surface area (Å²) in [6, 6.07) is 16.5. The summed E-state index contributed by atoms with van der Waals surface area (Å²) in [4.78, 5) is 24.0. The predicted octanol–water partition coefficient (Wildman–Crippen LogP) is 4.37. The van der Waals surface area contributed by atoms with Crippen molar-refractivity contribution in [2.24, 2.45) is 0 Å². The van der Waals surface area contributed by atoms with E-state index in [1.807, 2.05) is 12.1 Å². The first kappa shape index (κ1) is 25.2. The Morgan fingerprint density at radius 1 is 0.912 bits per heavy atom. The van der Waals surface area contributed by atoms with Crippen LogP contribution < -0.4 is 10.6 Å². The van der Waals surface area contributed by atoms with E-state index in [-0.39, 0.29) is 22.8 Å². The third-order valence-electron chi connectivity index (χ3n) is 5.08. The smallest absolute Gasteiger partial charge is 0.243 e. The molecule has 1 aromatic heterocycles. The first-order valence-corrected chi connectivity index (χ1v) is 12.2. The predicted molar refractivity (Wildman–Crippen MR) is 131 cm³/mol. The van der Waals surface area contributed by atoms with E-state index in [4.69, 9.17) is 4.42 Å². The number of sulfonamides is 1. The van der Waals surface area contributed by atoms with E-state index in [9.17, 15) is 18.0 Å². The summed E-state index contributed by atoms with van der Waals surface area (Å²) >= 11 is 0. The number of amides is 2. The van der Waals surface area contributed by atoms with E-state index in [2.05, 4.69) is 31.4 Å². The summed E-state index contributed by atoms with van der Waals surface area (Å²) in [5, 5.41) is 5.36. The molecule has 3 rings (SSSR count).